The molecule has 15 heavy (non-hydrogen) atoms. The van der Waals surface area contributed by atoms with Crippen molar-refractivity contribution in [1.29, 1.82) is 5.26 Å². The lowest BCUT2D eigenvalue weighted by Gasteiger charge is -2.07. The van der Waals surface area contributed by atoms with E-state index in [-0.39, 0.29) is 0 Å². The van der Waals surface area contributed by atoms with Crippen molar-refractivity contribution in [2.75, 3.05) is 17.7 Å². The molecule has 0 spiro atoms. The molecule has 0 aromatic heterocycles. The van der Waals surface area contributed by atoms with Gasteiger partial charge in [0.05, 0.1) is 29.6 Å². The van der Waals surface area contributed by atoms with E-state index in [1.165, 1.54) is 6.07 Å². The van der Waals surface area contributed by atoms with E-state index in [4.69, 9.17) is 11.0 Å². The molecule has 0 aliphatic rings. The summed E-state index contributed by atoms with van der Waals surface area (Å²) < 4.78 is 4.69. The van der Waals surface area contributed by atoms with Crippen LogP contribution in [0.5, 0.6) is 0 Å². The van der Waals surface area contributed by atoms with E-state index in [9.17, 15) is 4.79 Å². The van der Waals surface area contributed by atoms with E-state index < -0.39 is 6.09 Å². The Morgan fingerprint density at radius 1 is 1.67 bits per heavy atom. The van der Waals surface area contributed by atoms with E-state index in [1.54, 1.807) is 19.1 Å². The monoisotopic (exact) mass is 205 g/mol. The number of amides is 1. The maximum Gasteiger partial charge on any atom is 0.411 e. The fourth-order valence-electron chi connectivity index (χ4n) is 1.02. The third kappa shape index (κ3) is 2.88. The van der Waals surface area contributed by atoms with Crippen LogP contribution in [0.3, 0.4) is 0 Å². The summed E-state index contributed by atoms with van der Waals surface area (Å²) in [6.07, 6.45) is -0.561. The smallest absolute Gasteiger partial charge is 0.411 e. The van der Waals surface area contributed by atoms with Gasteiger partial charge in [0.2, 0.25) is 0 Å². The molecule has 0 saturated heterocycles. The highest BCUT2D eigenvalue weighted by Crippen LogP contribution is 2.19. The number of benzene rings is 1. The van der Waals surface area contributed by atoms with E-state index in [0.717, 1.165) is 0 Å². The van der Waals surface area contributed by atoms with Crippen molar-refractivity contribution in [2.45, 2.75) is 6.92 Å². The lowest BCUT2D eigenvalue weighted by molar-refractivity contribution is 0.168. The first-order valence-corrected chi connectivity index (χ1v) is 4.40. The van der Waals surface area contributed by atoms with Crippen LogP contribution in [0.4, 0.5) is 16.2 Å². The summed E-state index contributed by atoms with van der Waals surface area (Å²) >= 11 is 0. The average molecular weight is 205 g/mol. The molecule has 78 valence electrons. The normalized spacial score (nSPS) is 9.07. The summed E-state index contributed by atoms with van der Waals surface area (Å²) in [6, 6.07) is 6.56. The zero-order valence-electron chi connectivity index (χ0n) is 8.28. The first-order valence-electron chi connectivity index (χ1n) is 4.40. The number of rotatable bonds is 2. The van der Waals surface area contributed by atoms with Crippen LogP contribution >= 0.6 is 0 Å². The molecule has 0 aliphatic heterocycles. The third-order valence-corrected chi connectivity index (χ3v) is 1.69. The predicted octanol–water partition coefficient (Wildman–Crippen LogP) is 1.71. The number of hydrogen-bond donors (Lipinski definition) is 2. The molecule has 0 fully saturated rings. The Hall–Kier alpha value is -2.22. The number of ether oxygens (including phenoxy) is 1. The topological polar surface area (TPSA) is 88.1 Å². The first-order chi connectivity index (χ1) is 7.17. The number of anilines is 2. The van der Waals surface area contributed by atoms with Crippen molar-refractivity contribution in [2.24, 2.45) is 0 Å². The minimum absolute atomic E-state index is 0.294. The molecule has 1 aromatic carbocycles. The summed E-state index contributed by atoms with van der Waals surface area (Å²) in [7, 11) is 0. The molecular weight excluding hydrogens is 194 g/mol. The Balaban J connectivity index is 2.79. The fraction of sp³-hybridized carbons (Fsp3) is 0.200. The van der Waals surface area contributed by atoms with Gasteiger partial charge >= 0.3 is 6.09 Å². The van der Waals surface area contributed by atoms with Crippen molar-refractivity contribution in [1.82, 2.24) is 0 Å². The SMILES string of the molecule is CCOC(=O)Nc1ccc(C#N)cc1N. The second-order valence-corrected chi connectivity index (χ2v) is 2.76. The van der Waals surface area contributed by atoms with Gasteiger partial charge in [-0.3, -0.25) is 5.32 Å². The number of nitrogens with two attached hydrogens (primary N) is 1. The van der Waals surface area contributed by atoms with Gasteiger partial charge in [-0.2, -0.15) is 5.26 Å². The highest BCUT2D eigenvalue weighted by atomic mass is 16.5. The van der Waals surface area contributed by atoms with Crippen LogP contribution in [-0.4, -0.2) is 12.7 Å². The fourth-order valence-corrected chi connectivity index (χ4v) is 1.02. The zero-order chi connectivity index (χ0) is 11.3. The quantitative estimate of drug-likeness (QED) is 0.719. The zero-order valence-corrected chi connectivity index (χ0v) is 8.28. The Morgan fingerprint density at radius 3 is 2.93 bits per heavy atom. The minimum Gasteiger partial charge on any atom is -0.450 e. The number of nitrogens with zero attached hydrogens (tertiary/aromatic N) is 1. The van der Waals surface area contributed by atoms with E-state index in [2.05, 4.69) is 10.1 Å². The van der Waals surface area contributed by atoms with Gasteiger partial charge in [0.25, 0.3) is 0 Å². The van der Waals surface area contributed by atoms with Crippen molar-refractivity contribution in [3.8, 4) is 6.07 Å². The van der Waals surface area contributed by atoms with Crippen LogP contribution in [0.2, 0.25) is 0 Å². The molecule has 3 N–H and O–H groups in total. The van der Waals surface area contributed by atoms with Gasteiger partial charge in [-0.1, -0.05) is 0 Å². The highest BCUT2D eigenvalue weighted by molar-refractivity contribution is 5.89. The van der Waals surface area contributed by atoms with Gasteiger partial charge in [-0.15, -0.1) is 0 Å². The summed E-state index contributed by atoms with van der Waals surface area (Å²) in [5.74, 6) is 0. The second kappa shape index (κ2) is 4.86. The third-order valence-electron chi connectivity index (χ3n) is 1.69. The maximum atomic E-state index is 11.1. The first kappa shape index (κ1) is 10.9. The van der Waals surface area contributed by atoms with Crippen LogP contribution in [0.25, 0.3) is 0 Å². The van der Waals surface area contributed by atoms with Crippen LogP contribution < -0.4 is 11.1 Å². The molecule has 0 heterocycles. The van der Waals surface area contributed by atoms with Gasteiger partial charge in [-0.25, -0.2) is 4.79 Å². The minimum atomic E-state index is -0.561. The van der Waals surface area contributed by atoms with Crippen molar-refractivity contribution in [3.05, 3.63) is 23.8 Å². The number of carbonyl (C=O) groups excluding carboxylic acids is 1. The van der Waals surface area contributed by atoms with Crippen LogP contribution in [-0.2, 0) is 4.74 Å². The summed E-state index contributed by atoms with van der Waals surface area (Å²) in [5.41, 5.74) is 6.84. The molecule has 1 aromatic rings. The van der Waals surface area contributed by atoms with Gasteiger partial charge < -0.3 is 10.5 Å². The molecule has 0 saturated carbocycles. The number of nitriles is 1. The Bertz CT molecular complexity index is 410. The molecule has 1 amide bonds. The highest BCUT2D eigenvalue weighted by Gasteiger charge is 2.05. The van der Waals surface area contributed by atoms with E-state index in [0.29, 0.717) is 23.5 Å². The number of nitrogens with one attached hydrogen (secondary N) is 1. The van der Waals surface area contributed by atoms with Crippen LogP contribution in [0, 0.1) is 11.3 Å². The Labute approximate surface area is 87.4 Å². The second-order valence-electron chi connectivity index (χ2n) is 2.76. The maximum absolute atomic E-state index is 11.1. The van der Waals surface area contributed by atoms with E-state index >= 15 is 0 Å². The molecule has 0 aliphatic carbocycles. The molecule has 0 atom stereocenters. The van der Waals surface area contributed by atoms with Crippen molar-refractivity contribution in [3.63, 3.8) is 0 Å². The Kier molecular flexibility index (Phi) is 3.52. The summed E-state index contributed by atoms with van der Waals surface area (Å²) in [5, 5.41) is 11.1. The number of hydrogen-bond acceptors (Lipinski definition) is 4. The van der Waals surface area contributed by atoms with Gasteiger partial charge in [0.15, 0.2) is 0 Å². The average Bonchev–Trinajstić information content (AvgIpc) is 2.21. The number of nitrogen functional groups attached to an aromatic ring is 1. The standard InChI is InChI=1S/C10H11N3O2/c1-2-15-10(14)13-9-4-3-7(6-11)5-8(9)12/h3-5H,2,12H2,1H3,(H,13,14). The van der Waals surface area contributed by atoms with E-state index in [1.807, 2.05) is 6.07 Å². The van der Waals surface area contributed by atoms with Crippen LogP contribution in [0.1, 0.15) is 12.5 Å². The largest absolute Gasteiger partial charge is 0.450 e. The van der Waals surface area contributed by atoms with Crippen molar-refractivity contribution < 1.29 is 9.53 Å². The molecule has 1 rings (SSSR count). The number of carbonyl (C=O) groups is 1. The molecule has 0 unspecified atom stereocenters. The van der Waals surface area contributed by atoms with Gasteiger partial charge in [-0.05, 0) is 25.1 Å². The van der Waals surface area contributed by atoms with Gasteiger partial charge in [0, 0.05) is 0 Å². The Morgan fingerprint density at radius 2 is 2.40 bits per heavy atom. The van der Waals surface area contributed by atoms with Crippen LogP contribution in [0.15, 0.2) is 18.2 Å². The summed E-state index contributed by atoms with van der Waals surface area (Å²) in [6.45, 7) is 2.00. The summed E-state index contributed by atoms with van der Waals surface area (Å²) in [4.78, 5) is 11.1. The molecule has 0 bridgehead atoms. The molecule has 5 heteroatoms. The van der Waals surface area contributed by atoms with Gasteiger partial charge in [0.1, 0.15) is 0 Å². The predicted molar refractivity (Wildman–Crippen MR) is 56.2 cm³/mol. The lowest BCUT2D eigenvalue weighted by Crippen LogP contribution is -2.14. The molecule has 5 nitrogen and oxygen atoms in total. The lowest BCUT2D eigenvalue weighted by atomic mass is 10.2. The molecule has 0 radical (unpaired) electrons. The van der Waals surface area contributed by atoms with Crippen molar-refractivity contribution >= 4 is 17.5 Å². The molecular formula is C10H11N3O2.